The van der Waals surface area contributed by atoms with Crippen LogP contribution in [0.2, 0.25) is 0 Å². The monoisotopic (exact) mass is 320 g/mol. The minimum atomic E-state index is -0.224. The van der Waals surface area contributed by atoms with Crippen LogP contribution in [-0.2, 0) is 16.1 Å². The molecule has 1 aromatic heterocycles. The average molecular weight is 320 g/mol. The first kappa shape index (κ1) is 17.7. The van der Waals surface area contributed by atoms with Crippen LogP contribution in [-0.4, -0.2) is 43.7 Å². The summed E-state index contributed by atoms with van der Waals surface area (Å²) in [7, 11) is 1.57. The van der Waals surface area contributed by atoms with Gasteiger partial charge in [0, 0.05) is 39.5 Å². The third-order valence-electron chi connectivity index (χ3n) is 4.24. The Morgan fingerprint density at radius 2 is 2.09 bits per heavy atom. The van der Waals surface area contributed by atoms with E-state index < -0.39 is 0 Å². The summed E-state index contributed by atoms with van der Waals surface area (Å²) in [6.45, 7) is 2.99. The van der Waals surface area contributed by atoms with Gasteiger partial charge < -0.3 is 20.7 Å². The van der Waals surface area contributed by atoms with Gasteiger partial charge in [0.25, 0.3) is 0 Å². The van der Waals surface area contributed by atoms with Crippen LogP contribution in [0.4, 0.5) is 5.82 Å². The number of nitrogens with one attached hydrogen (secondary N) is 1. The van der Waals surface area contributed by atoms with Crippen LogP contribution in [0.1, 0.15) is 37.7 Å². The number of methoxy groups -OCH3 is 1. The fourth-order valence-electron chi connectivity index (χ4n) is 2.75. The topological polar surface area (TPSA) is 80.5 Å². The van der Waals surface area contributed by atoms with E-state index in [4.69, 9.17) is 10.5 Å². The lowest BCUT2D eigenvalue weighted by atomic mass is 10.2. The summed E-state index contributed by atoms with van der Waals surface area (Å²) in [5.74, 6) is 0.975. The van der Waals surface area contributed by atoms with E-state index in [0.717, 1.165) is 24.5 Å². The molecular weight excluding hydrogens is 292 g/mol. The van der Waals surface area contributed by atoms with E-state index in [9.17, 15) is 4.79 Å². The molecule has 2 rings (SSSR count). The van der Waals surface area contributed by atoms with Gasteiger partial charge in [-0.3, -0.25) is 4.79 Å². The highest BCUT2D eigenvalue weighted by Crippen LogP contribution is 2.17. The second-order valence-corrected chi connectivity index (χ2v) is 6.00. The van der Waals surface area contributed by atoms with Crippen molar-refractivity contribution in [1.82, 2.24) is 10.3 Å². The van der Waals surface area contributed by atoms with Crippen LogP contribution < -0.4 is 16.0 Å². The number of nitrogens with zero attached hydrogens (tertiary/aromatic N) is 2. The Hall–Kier alpha value is -1.66. The molecule has 6 nitrogen and oxygen atoms in total. The highest BCUT2D eigenvalue weighted by molar-refractivity contribution is 5.76. The van der Waals surface area contributed by atoms with Crippen molar-refractivity contribution in [3.8, 4) is 0 Å². The molecule has 6 heteroatoms. The molecule has 2 heterocycles. The summed E-state index contributed by atoms with van der Waals surface area (Å²) >= 11 is 0. The Morgan fingerprint density at radius 3 is 2.65 bits per heavy atom. The largest absolute Gasteiger partial charge is 0.380 e. The maximum absolute atomic E-state index is 11.8. The van der Waals surface area contributed by atoms with E-state index >= 15 is 0 Å². The van der Waals surface area contributed by atoms with E-state index in [-0.39, 0.29) is 18.4 Å². The molecule has 0 spiro atoms. The Morgan fingerprint density at radius 1 is 1.35 bits per heavy atom. The number of hydrogen-bond acceptors (Lipinski definition) is 5. The summed E-state index contributed by atoms with van der Waals surface area (Å²) in [4.78, 5) is 18.7. The highest BCUT2D eigenvalue weighted by atomic mass is 16.5. The molecule has 1 aliphatic rings. The number of rotatable bonds is 7. The summed E-state index contributed by atoms with van der Waals surface area (Å²) in [5, 5.41) is 2.88. The number of carbonyl (C=O) groups excluding carboxylic acids is 1. The molecule has 128 valence electrons. The van der Waals surface area contributed by atoms with Crippen molar-refractivity contribution in [1.29, 1.82) is 0 Å². The number of amides is 1. The first-order valence-corrected chi connectivity index (χ1v) is 8.42. The summed E-state index contributed by atoms with van der Waals surface area (Å²) < 4.78 is 5.11. The molecule has 1 saturated heterocycles. The second-order valence-electron chi connectivity index (χ2n) is 6.00. The Balaban J connectivity index is 1.81. The fraction of sp³-hybridized carbons (Fsp3) is 0.647. The minimum Gasteiger partial charge on any atom is -0.380 e. The van der Waals surface area contributed by atoms with Gasteiger partial charge in [0.1, 0.15) is 5.82 Å². The summed E-state index contributed by atoms with van der Waals surface area (Å²) in [5.41, 5.74) is 6.52. The van der Waals surface area contributed by atoms with Gasteiger partial charge in [0.2, 0.25) is 5.91 Å². The van der Waals surface area contributed by atoms with Crippen molar-refractivity contribution in [2.45, 2.75) is 44.8 Å². The van der Waals surface area contributed by atoms with Gasteiger partial charge in [-0.05, 0) is 24.5 Å². The zero-order valence-corrected chi connectivity index (χ0v) is 14.0. The first-order valence-electron chi connectivity index (χ1n) is 8.42. The number of ether oxygens (including phenoxy) is 1. The average Bonchev–Trinajstić information content (AvgIpc) is 2.87. The molecule has 1 aliphatic heterocycles. The van der Waals surface area contributed by atoms with Gasteiger partial charge in [0.05, 0.1) is 12.5 Å². The van der Waals surface area contributed by atoms with Crippen LogP contribution in [0.15, 0.2) is 18.3 Å². The van der Waals surface area contributed by atoms with Gasteiger partial charge >= 0.3 is 0 Å². The predicted molar refractivity (Wildman–Crippen MR) is 91.2 cm³/mol. The maximum atomic E-state index is 11.8. The van der Waals surface area contributed by atoms with Crippen LogP contribution in [0.25, 0.3) is 0 Å². The lowest BCUT2D eigenvalue weighted by Gasteiger charge is -2.21. The molecule has 0 aromatic carbocycles. The van der Waals surface area contributed by atoms with E-state index in [0.29, 0.717) is 13.1 Å². The number of nitrogens with two attached hydrogens (primary N) is 1. The molecule has 3 N–H and O–H groups in total. The van der Waals surface area contributed by atoms with E-state index in [1.807, 2.05) is 18.3 Å². The fourth-order valence-corrected chi connectivity index (χ4v) is 2.75. The molecular formula is C17H28N4O2. The van der Waals surface area contributed by atoms with Crippen LogP contribution >= 0.6 is 0 Å². The lowest BCUT2D eigenvalue weighted by molar-refractivity contribution is -0.123. The third-order valence-corrected chi connectivity index (χ3v) is 4.24. The van der Waals surface area contributed by atoms with Gasteiger partial charge in [-0.1, -0.05) is 18.9 Å². The van der Waals surface area contributed by atoms with E-state index in [1.54, 1.807) is 7.11 Å². The molecule has 0 bridgehead atoms. The van der Waals surface area contributed by atoms with Gasteiger partial charge in [-0.2, -0.15) is 0 Å². The van der Waals surface area contributed by atoms with Crippen molar-refractivity contribution in [3.63, 3.8) is 0 Å². The maximum Gasteiger partial charge on any atom is 0.222 e. The quantitative estimate of drug-likeness (QED) is 0.794. The number of carbonyl (C=O) groups is 1. The standard InChI is InChI=1S/C17H28N4O2/c1-23-15(11-18)10-17(22)20-13-14-6-7-16(19-12-14)21-8-4-2-3-5-9-21/h6-7,12,15H,2-5,8-11,13,18H2,1H3,(H,20,22). The van der Waals surface area contributed by atoms with E-state index in [1.165, 1.54) is 25.7 Å². The minimum absolute atomic E-state index is 0.0566. The van der Waals surface area contributed by atoms with Crippen molar-refractivity contribution in [3.05, 3.63) is 23.9 Å². The molecule has 0 saturated carbocycles. The Kier molecular flexibility index (Phi) is 7.29. The van der Waals surface area contributed by atoms with Gasteiger partial charge in [-0.15, -0.1) is 0 Å². The van der Waals surface area contributed by atoms with Crippen molar-refractivity contribution in [2.24, 2.45) is 5.73 Å². The number of hydrogen-bond donors (Lipinski definition) is 2. The Bertz CT molecular complexity index is 466. The van der Waals surface area contributed by atoms with Crippen LogP contribution in [0, 0.1) is 0 Å². The molecule has 23 heavy (non-hydrogen) atoms. The normalized spacial score (nSPS) is 16.7. The third kappa shape index (κ3) is 5.80. The van der Waals surface area contributed by atoms with Crippen molar-refractivity contribution in [2.75, 3.05) is 31.6 Å². The van der Waals surface area contributed by atoms with Crippen LogP contribution in [0.5, 0.6) is 0 Å². The van der Waals surface area contributed by atoms with Crippen LogP contribution in [0.3, 0.4) is 0 Å². The van der Waals surface area contributed by atoms with Gasteiger partial charge in [0.15, 0.2) is 0 Å². The van der Waals surface area contributed by atoms with Crippen molar-refractivity contribution < 1.29 is 9.53 Å². The number of aromatic nitrogens is 1. The molecule has 0 aliphatic carbocycles. The second kappa shape index (κ2) is 9.47. The zero-order valence-electron chi connectivity index (χ0n) is 14.0. The molecule has 1 fully saturated rings. The molecule has 1 amide bonds. The number of pyridine rings is 1. The van der Waals surface area contributed by atoms with Gasteiger partial charge in [-0.25, -0.2) is 4.98 Å². The lowest BCUT2D eigenvalue weighted by Crippen LogP contribution is -2.32. The Labute approximate surface area is 138 Å². The SMILES string of the molecule is COC(CN)CC(=O)NCc1ccc(N2CCCCCC2)nc1. The molecule has 0 radical (unpaired) electrons. The highest BCUT2D eigenvalue weighted by Gasteiger charge is 2.12. The first-order chi connectivity index (χ1) is 11.2. The summed E-state index contributed by atoms with van der Waals surface area (Å²) in [6, 6.07) is 4.08. The zero-order chi connectivity index (χ0) is 16.5. The summed E-state index contributed by atoms with van der Waals surface area (Å²) in [6.07, 6.45) is 7.00. The number of anilines is 1. The predicted octanol–water partition coefficient (Wildman–Crippen LogP) is 1.44. The van der Waals surface area contributed by atoms with E-state index in [2.05, 4.69) is 15.2 Å². The molecule has 1 atom stereocenters. The molecule has 1 unspecified atom stereocenters. The molecule has 1 aromatic rings. The van der Waals surface area contributed by atoms with Crippen molar-refractivity contribution >= 4 is 11.7 Å². The smallest absolute Gasteiger partial charge is 0.222 e.